The zero-order chi connectivity index (χ0) is 24.8. The van der Waals surface area contributed by atoms with E-state index < -0.39 is 28.4 Å². The van der Waals surface area contributed by atoms with E-state index in [2.05, 4.69) is 32.9 Å². The predicted molar refractivity (Wildman–Crippen MR) is 145 cm³/mol. The van der Waals surface area contributed by atoms with Crippen LogP contribution in [0.5, 0.6) is 5.75 Å². The topological polar surface area (TPSA) is 46.6 Å². The van der Waals surface area contributed by atoms with Crippen LogP contribution in [0.4, 0.5) is 0 Å². The monoisotopic (exact) mass is 593 g/mol. The first kappa shape index (κ1) is 27.5. The van der Waals surface area contributed by atoms with E-state index in [0.717, 1.165) is 22.4 Å². The minimum atomic E-state index is -3.54. The molecule has 0 amide bonds. The van der Waals surface area contributed by atoms with E-state index in [4.69, 9.17) is 4.74 Å². The van der Waals surface area contributed by atoms with Crippen LogP contribution in [0.3, 0.4) is 0 Å². The Labute approximate surface area is 212 Å². The summed E-state index contributed by atoms with van der Waals surface area (Å²) in [6.07, 6.45) is 7.62. The number of benzene rings is 2. The van der Waals surface area contributed by atoms with Crippen LogP contribution < -0.4 is 8.32 Å². The van der Waals surface area contributed by atoms with E-state index >= 15 is 0 Å². The van der Waals surface area contributed by atoms with Crippen molar-refractivity contribution in [2.45, 2.75) is 97.5 Å². The van der Waals surface area contributed by atoms with Crippen molar-refractivity contribution in [1.82, 2.24) is 4.31 Å². The zero-order valence-corrected chi connectivity index (χ0v) is 25.5. The number of ether oxygens (including phenoxy) is 1. The van der Waals surface area contributed by atoms with Gasteiger partial charge in [-0.15, -0.1) is 0 Å². The number of hydrogen-bond donors (Lipinski definition) is 0. The van der Waals surface area contributed by atoms with Gasteiger partial charge in [-0.2, -0.15) is 0 Å². The van der Waals surface area contributed by atoms with Gasteiger partial charge in [-0.05, 0) is 0 Å². The fraction of sp³-hybridized carbons (Fsp3) is 0.571. The molecule has 3 rings (SSSR count). The third-order valence-electron chi connectivity index (χ3n) is 7.50. The fourth-order valence-electron chi connectivity index (χ4n) is 5.32. The normalized spacial score (nSPS) is 14.4. The van der Waals surface area contributed by atoms with E-state index in [-0.39, 0.29) is 0 Å². The summed E-state index contributed by atoms with van der Waals surface area (Å²) in [6.45, 7) is 9.69. The molecule has 2 aromatic carbocycles. The Morgan fingerprint density at radius 1 is 0.882 bits per heavy atom. The average Bonchev–Trinajstić information content (AvgIpc) is 3.29. The molecule has 4 nitrogen and oxygen atoms in total. The van der Waals surface area contributed by atoms with E-state index in [0.29, 0.717) is 18.0 Å². The molecule has 0 saturated carbocycles. The Balaban J connectivity index is 2.01. The number of unbranched alkanes of at least 4 members (excludes halogenated alkanes) is 3. The standard InChI is InChI=1S/C16H16NO3S.3C4H9.Sn/c1-12-6-8-14(9-7-12)21(18,19)17-10-13-4-3-5-16(20-2)15(13)11-17;3*1-3-4-2;/h4-9H,10-11H2,1-2H3;3*1,3-4H2,2H3;. The fourth-order valence-corrected chi connectivity index (χ4v) is 22.8. The van der Waals surface area contributed by atoms with Gasteiger partial charge in [0.15, 0.2) is 0 Å². The molecular formula is C28H43NO3SSn. The summed E-state index contributed by atoms with van der Waals surface area (Å²) >= 11 is -2.66. The number of aryl methyl sites for hydroxylation is 1. The molecule has 0 saturated heterocycles. The van der Waals surface area contributed by atoms with Gasteiger partial charge in [-0.3, -0.25) is 0 Å². The first-order chi connectivity index (χ1) is 16.3. The second kappa shape index (κ2) is 12.3. The third-order valence-corrected chi connectivity index (χ3v) is 24.8. The second-order valence-corrected chi connectivity index (χ2v) is 25.2. The van der Waals surface area contributed by atoms with Gasteiger partial charge in [0.1, 0.15) is 0 Å². The summed E-state index contributed by atoms with van der Waals surface area (Å²) in [7, 11) is -1.81. The molecule has 2 aromatic rings. The summed E-state index contributed by atoms with van der Waals surface area (Å²) in [4.78, 5) is 0.368. The van der Waals surface area contributed by atoms with Gasteiger partial charge in [0, 0.05) is 0 Å². The maximum atomic E-state index is 13.4. The Morgan fingerprint density at radius 3 is 1.94 bits per heavy atom. The molecule has 34 heavy (non-hydrogen) atoms. The van der Waals surface area contributed by atoms with E-state index in [1.807, 2.05) is 19.1 Å². The van der Waals surface area contributed by atoms with Crippen molar-refractivity contribution < 1.29 is 13.2 Å². The summed E-state index contributed by atoms with van der Waals surface area (Å²) < 4.78 is 40.1. The summed E-state index contributed by atoms with van der Waals surface area (Å²) in [5.74, 6) is 0.889. The van der Waals surface area contributed by atoms with E-state index in [1.54, 1.807) is 27.1 Å². The molecule has 0 spiro atoms. The first-order valence-electron chi connectivity index (χ1n) is 13.1. The average molecular weight is 592 g/mol. The van der Waals surface area contributed by atoms with Crippen LogP contribution in [0.25, 0.3) is 0 Å². The molecule has 188 valence electrons. The molecule has 1 aliphatic rings. The summed E-state index contributed by atoms with van der Waals surface area (Å²) in [5, 5.41) is 0. The number of sulfonamides is 1. The molecule has 1 aliphatic heterocycles. The second-order valence-electron chi connectivity index (χ2n) is 9.99. The van der Waals surface area contributed by atoms with Crippen LogP contribution in [0.15, 0.2) is 41.3 Å². The van der Waals surface area contributed by atoms with Gasteiger partial charge in [-0.25, -0.2) is 0 Å². The van der Waals surface area contributed by atoms with Crippen LogP contribution >= 0.6 is 0 Å². The van der Waals surface area contributed by atoms with E-state index in [9.17, 15) is 8.42 Å². The molecular weight excluding hydrogens is 549 g/mol. The molecule has 0 radical (unpaired) electrons. The number of nitrogens with zero attached hydrogens (tertiary/aromatic N) is 1. The van der Waals surface area contributed by atoms with Gasteiger partial charge in [0.25, 0.3) is 0 Å². The quantitative estimate of drug-likeness (QED) is 0.242. The third kappa shape index (κ3) is 6.01. The molecule has 0 atom stereocenters. The minimum absolute atomic E-state index is 0.368. The van der Waals surface area contributed by atoms with Crippen molar-refractivity contribution >= 4 is 32.0 Å². The van der Waals surface area contributed by atoms with Gasteiger partial charge in [0.2, 0.25) is 0 Å². The van der Waals surface area contributed by atoms with Crippen molar-refractivity contribution in [2.75, 3.05) is 7.11 Å². The number of methoxy groups -OCH3 is 1. The van der Waals surface area contributed by atoms with Crippen LogP contribution in [0, 0.1) is 6.92 Å². The van der Waals surface area contributed by atoms with Crippen LogP contribution in [0.2, 0.25) is 13.3 Å². The molecule has 0 bridgehead atoms. The van der Waals surface area contributed by atoms with Crippen molar-refractivity contribution in [3.05, 3.63) is 53.1 Å². The first-order valence-corrected chi connectivity index (χ1v) is 22.0. The Morgan fingerprint density at radius 2 is 1.44 bits per heavy atom. The van der Waals surface area contributed by atoms with Crippen molar-refractivity contribution in [3.8, 4) is 5.75 Å². The van der Waals surface area contributed by atoms with Gasteiger partial charge in [-0.1, -0.05) is 0 Å². The van der Waals surface area contributed by atoms with Crippen molar-refractivity contribution in [2.24, 2.45) is 0 Å². The molecule has 0 unspecified atom stereocenters. The maximum absolute atomic E-state index is 13.4. The molecule has 6 heteroatoms. The van der Waals surface area contributed by atoms with Crippen molar-refractivity contribution in [3.63, 3.8) is 0 Å². The summed E-state index contributed by atoms with van der Waals surface area (Å²) in [5.41, 5.74) is 3.25. The van der Waals surface area contributed by atoms with E-state index in [1.165, 1.54) is 51.8 Å². The summed E-state index contributed by atoms with van der Waals surface area (Å²) in [6, 6.07) is 11.9. The van der Waals surface area contributed by atoms with Gasteiger partial charge >= 0.3 is 213 Å². The SMILES string of the molecule is CCC[CH2][Sn]([CH2]CCC)([CH2]CCC)[c]1cc2c(c(OC)c1)CN(S(=O)(=O)c1ccc(C)cc1)C2. The molecule has 0 N–H and O–H groups in total. The molecule has 0 aliphatic carbocycles. The van der Waals surface area contributed by atoms with Crippen LogP contribution in [-0.2, 0) is 23.1 Å². The number of fused-ring (bicyclic) bond motifs is 1. The predicted octanol–water partition coefficient (Wildman–Crippen LogP) is 6.76. The molecule has 0 aromatic heterocycles. The number of hydrogen-bond acceptors (Lipinski definition) is 3. The Bertz CT molecular complexity index is 1030. The Kier molecular flexibility index (Phi) is 9.93. The van der Waals surface area contributed by atoms with Gasteiger partial charge in [0.05, 0.1) is 0 Å². The zero-order valence-electron chi connectivity index (χ0n) is 21.8. The number of rotatable bonds is 13. The molecule has 0 fully saturated rings. The Hall–Kier alpha value is -1.05. The van der Waals surface area contributed by atoms with Crippen molar-refractivity contribution in [1.29, 1.82) is 0 Å². The molecule has 1 heterocycles. The van der Waals surface area contributed by atoms with Crippen LogP contribution in [-0.4, -0.2) is 38.2 Å². The van der Waals surface area contributed by atoms with Gasteiger partial charge < -0.3 is 0 Å². The van der Waals surface area contributed by atoms with Crippen LogP contribution in [0.1, 0.15) is 76.0 Å².